The molecule has 26 heavy (non-hydrogen) atoms. The molecule has 0 saturated heterocycles. The molecule has 2 aliphatic rings. The summed E-state index contributed by atoms with van der Waals surface area (Å²) < 4.78 is 6.99. The SMILES string of the molecule is CC1(C)[C@H]2C[C@@](C)(CC(O)CO)[C@]1(C)CCC[C@H]2O[Si](C)(C)C(C)(C)C. The van der Waals surface area contributed by atoms with Crippen LogP contribution in [0.4, 0.5) is 0 Å². The summed E-state index contributed by atoms with van der Waals surface area (Å²) >= 11 is 0. The highest BCUT2D eigenvalue weighted by Crippen LogP contribution is 2.71. The average molecular weight is 385 g/mol. The second kappa shape index (κ2) is 6.86. The van der Waals surface area contributed by atoms with Crippen molar-refractivity contribution >= 4 is 8.32 Å². The third-order valence-corrected chi connectivity index (χ3v) is 13.6. The van der Waals surface area contributed by atoms with Gasteiger partial charge in [0.15, 0.2) is 8.32 Å². The molecule has 2 bridgehead atoms. The van der Waals surface area contributed by atoms with Crippen molar-refractivity contribution in [1.82, 2.24) is 0 Å². The smallest absolute Gasteiger partial charge is 0.192 e. The molecule has 0 spiro atoms. The molecule has 2 rings (SSSR count). The second-order valence-electron chi connectivity index (χ2n) is 11.8. The van der Waals surface area contributed by atoms with Gasteiger partial charge in [0.1, 0.15) is 0 Å². The molecule has 0 aromatic rings. The highest BCUT2D eigenvalue weighted by Gasteiger charge is 2.65. The van der Waals surface area contributed by atoms with Crippen LogP contribution >= 0.6 is 0 Å². The maximum atomic E-state index is 10.2. The molecule has 0 aliphatic heterocycles. The Balaban J connectivity index is 2.37. The number of fused-ring (bicyclic) bond motifs is 2. The van der Waals surface area contributed by atoms with Crippen LogP contribution in [0.15, 0.2) is 0 Å². The Morgan fingerprint density at radius 3 is 2.23 bits per heavy atom. The largest absolute Gasteiger partial charge is 0.414 e. The molecule has 0 radical (unpaired) electrons. The molecule has 0 aromatic heterocycles. The standard InChI is InChI=1S/C22H44O3Si/c1-19(2,3)26(8,9)25-18-11-10-12-22(7)20(4,5)17(18)14-21(22,6)13-16(24)15-23/h16-18,23-24H,10-15H2,1-9H3/t16?,17-,18+,21+,22+/m0/s1. The lowest BCUT2D eigenvalue weighted by atomic mass is 9.55. The number of hydrogen-bond donors (Lipinski definition) is 2. The third kappa shape index (κ3) is 3.44. The first-order chi connectivity index (χ1) is 11.6. The van der Waals surface area contributed by atoms with Gasteiger partial charge in [0.25, 0.3) is 0 Å². The molecular weight excluding hydrogens is 340 g/mol. The van der Waals surface area contributed by atoms with Crippen molar-refractivity contribution in [3.05, 3.63) is 0 Å². The van der Waals surface area contributed by atoms with E-state index in [2.05, 4.69) is 61.6 Å². The predicted molar refractivity (Wildman–Crippen MR) is 112 cm³/mol. The van der Waals surface area contributed by atoms with Crippen LogP contribution in [-0.2, 0) is 4.43 Å². The fourth-order valence-electron chi connectivity index (χ4n) is 5.82. The molecular formula is C22H44O3Si. The number of aliphatic hydroxyl groups is 2. The maximum absolute atomic E-state index is 10.2. The summed E-state index contributed by atoms with van der Waals surface area (Å²) in [6.07, 6.45) is 5.02. The van der Waals surface area contributed by atoms with Gasteiger partial charge in [0, 0.05) is 6.10 Å². The first kappa shape index (κ1) is 22.4. The minimum absolute atomic E-state index is 0.0405. The molecule has 2 saturated carbocycles. The third-order valence-electron chi connectivity index (χ3n) is 9.11. The average Bonchev–Trinajstić information content (AvgIpc) is 2.56. The Bertz CT molecular complexity index is 510. The monoisotopic (exact) mass is 384 g/mol. The van der Waals surface area contributed by atoms with Gasteiger partial charge in [-0.2, -0.15) is 0 Å². The highest BCUT2D eigenvalue weighted by atomic mass is 28.4. The summed E-state index contributed by atoms with van der Waals surface area (Å²) in [5.74, 6) is 0.514. The first-order valence-electron chi connectivity index (χ1n) is 10.6. The van der Waals surface area contributed by atoms with E-state index in [0.29, 0.717) is 18.4 Å². The van der Waals surface area contributed by atoms with Crippen molar-refractivity contribution in [2.45, 2.75) is 111 Å². The van der Waals surface area contributed by atoms with Gasteiger partial charge in [-0.3, -0.25) is 0 Å². The number of hydrogen-bond acceptors (Lipinski definition) is 3. The van der Waals surface area contributed by atoms with Gasteiger partial charge in [-0.25, -0.2) is 0 Å². The van der Waals surface area contributed by atoms with Crippen molar-refractivity contribution < 1.29 is 14.6 Å². The number of rotatable bonds is 5. The quantitative estimate of drug-likeness (QED) is 0.627. The Morgan fingerprint density at radius 2 is 1.73 bits per heavy atom. The molecule has 5 atom stereocenters. The molecule has 4 heteroatoms. The van der Waals surface area contributed by atoms with E-state index in [4.69, 9.17) is 4.43 Å². The molecule has 0 heterocycles. The number of aliphatic hydroxyl groups excluding tert-OH is 2. The summed E-state index contributed by atoms with van der Waals surface area (Å²) in [7, 11) is -1.82. The minimum Gasteiger partial charge on any atom is -0.414 e. The minimum atomic E-state index is -1.82. The van der Waals surface area contributed by atoms with Gasteiger partial charge in [-0.1, -0.05) is 54.9 Å². The van der Waals surface area contributed by atoms with E-state index in [0.717, 1.165) is 12.8 Å². The first-order valence-corrected chi connectivity index (χ1v) is 13.5. The van der Waals surface area contributed by atoms with E-state index < -0.39 is 14.4 Å². The van der Waals surface area contributed by atoms with Crippen molar-refractivity contribution in [1.29, 1.82) is 0 Å². The van der Waals surface area contributed by atoms with Crippen LogP contribution in [-0.4, -0.2) is 37.3 Å². The van der Waals surface area contributed by atoms with Crippen LogP contribution in [0, 0.1) is 22.2 Å². The predicted octanol–water partition coefficient (Wildman–Crippen LogP) is 5.36. The Kier molecular flexibility index (Phi) is 5.90. The van der Waals surface area contributed by atoms with E-state index in [9.17, 15) is 10.2 Å². The Labute approximate surface area is 163 Å². The normalized spacial score (nSPS) is 38.9. The molecule has 154 valence electrons. The zero-order valence-corrected chi connectivity index (χ0v) is 19.8. The molecule has 3 nitrogen and oxygen atoms in total. The maximum Gasteiger partial charge on any atom is 0.192 e. The van der Waals surface area contributed by atoms with E-state index in [-0.39, 0.29) is 27.9 Å². The lowest BCUT2D eigenvalue weighted by Gasteiger charge is -2.50. The summed E-state index contributed by atoms with van der Waals surface area (Å²) in [5, 5.41) is 19.9. The van der Waals surface area contributed by atoms with Crippen molar-refractivity contribution in [2.75, 3.05) is 6.61 Å². The van der Waals surface area contributed by atoms with Gasteiger partial charge in [0.05, 0.1) is 12.7 Å². The molecule has 1 unspecified atom stereocenters. The van der Waals surface area contributed by atoms with E-state index >= 15 is 0 Å². The van der Waals surface area contributed by atoms with Gasteiger partial charge < -0.3 is 14.6 Å². The summed E-state index contributed by atoms with van der Waals surface area (Å²) in [4.78, 5) is 0. The van der Waals surface area contributed by atoms with Gasteiger partial charge in [0.2, 0.25) is 0 Å². The zero-order chi connectivity index (χ0) is 20.2. The molecule has 2 N–H and O–H groups in total. The van der Waals surface area contributed by atoms with Gasteiger partial charge in [-0.05, 0) is 66.0 Å². The summed E-state index contributed by atoms with van der Waals surface area (Å²) in [5.41, 5.74) is 0.367. The van der Waals surface area contributed by atoms with Crippen LogP contribution in [0.5, 0.6) is 0 Å². The van der Waals surface area contributed by atoms with Gasteiger partial charge >= 0.3 is 0 Å². The molecule has 2 aliphatic carbocycles. The lowest BCUT2D eigenvalue weighted by Crippen LogP contribution is -2.47. The van der Waals surface area contributed by atoms with Gasteiger partial charge in [-0.15, -0.1) is 0 Å². The zero-order valence-electron chi connectivity index (χ0n) is 18.8. The topological polar surface area (TPSA) is 49.7 Å². The van der Waals surface area contributed by atoms with Crippen LogP contribution in [0.1, 0.15) is 80.6 Å². The summed E-state index contributed by atoms with van der Waals surface area (Å²) in [6, 6.07) is 0. The van der Waals surface area contributed by atoms with E-state index in [1.54, 1.807) is 0 Å². The van der Waals surface area contributed by atoms with Crippen LogP contribution < -0.4 is 0 Å². The summed E-state index contributed by atoms with van der Waals surface area (Å²) in [6.45, 7) is 21.2. The van der Waals surface area contributed by atoms with Crippen molar-refractivity contribution in [3.63, 3.8) is 0 Å². The molecule has 0 aromatic carbocycles. The fourth-order valence-corrected chi connectivity index (χ4v) is 7.21. The van der Waals surface area contributed by atoms with Crippen LogP contribution in [0.25, 0.3) is 0 Å². The van der Waals surface area contributed by atoms with Crippen molar-refractivity contribution in [3.8, 4) is 0 Å². The van der Waals surface area contributed by atoms with E-state index in [1.807, 2.05) is 0 Å². The molecule has 0 amide bonds. The van der Waals surface area contributed by atoms with Crippen LogP contribution in [0.3, 0.4) is 0 Å². The molecule has 2 fully saturated rings. The fraction of sp³-hybridized carbons (Fsp3) is 1.00. The van der Waals surface area contributed by atoms with Crippen molar-refractivity contribution in [2.24, 2.45) is 22.2 Å². The Morgan fingerprint density at radius 1 is 1.15 bits per heavy atom. The second-order valence-corrected chi connectivity index (χ2v) is 16.5. The lowest BCUT2D eigenvalue weighted by molar-refractivity contribution is -0.0393. The highest BCUT2D eigenvalue weighted by molar-refractivity contribution is 6.74. The van der Waals surface area contributed by atoms with Crippen LogP contribution in [0.2, 0.25) is 18.1 Å². The van der Waals surface area contributed by atoms with E-state index in [1.165, 1.54) is 12.8 Å². The Hall–Kier alpha value is 0.0969.